The summed E-state index contributed by atoms with van der Waals surface area (Å²) in [4.78, 5) is 13.9. The number of aromatic nitrogens is 1. The number of benzene rings is 1. The van der Waals surface area contributed by atoms with E-state index in [0.29, 0.717) is 11.3 Å². The van der Waals surface area contributed by atoms with Crippen molar-refractivity contribution in [1.82, 2.24) is 4.98 Å². The maximum Gasteiger partial charge on any atom is 0.354 e. The van der Waals surface area contributed by atoms with Gasteiger partial charge in [0.25, 0.3) is 10.0 Å². The molecule has 0 atom stereocenters. The molecular formula is C14H16N2O4S. The molecule has 0 radical (unpaired) electrons. The molecule has 2 aromatic rings. The molecule has 0 aliphatic heterocycles. The van der Waals surface area contributed by atoms with Gasteiger partial charge < -0.3 is 10.1 Å². The molecule has 3 N–H and O–H groups in total. The van der Waals surface area contributed by atoms with Crippen LogP contribution in [0.3, 0.4) is 0 Å². The third kappa shape index (κ3) is 3.08. The van der Waals surface area contributed by atoms with Crippen LogP contribution in [-0.4, -0.2) is 24.5 Å². The van der Waals surface area contributed by atoms with E-state index in [2.05, 4.69) is 9.71 Å². The van der Waals surface area contributed by atoms with Gasteiger partial charge in [-0.2, -0.15) is 0 Å². The Morgan fingerprint density at radius 2 is 1.86 bits per heavy atom. The molecule has 0 amide bonds. The Hall–Kier alpha value is -2.28. The van der Waals surface area contributed by atoms with Crippen molar-refractivity contribution in [3.05, 3.63) is 46.8 Å². The number of carboxylic acids is 1. The van der Waals surface area contributed by atoms with Gasteiger partial charge in [-0.3, -0.25) is 4.72 Å². The van der Waals surface area contributed by atoms with Crippen LogP contribution in [-0.2, 0) is 10.0 Å². The highest BCUT2D eigenvalue weighted by Crippen LogP contribution is 2.23. The fourth-order valence-corrected chi connectivity index (χ4v) is 3.43. The van der Waals surface area contributed by atoms with Gasteiger partial charge in [-0.25, -0.2) is 13.2 Å². The highest BCUT2D eigenvalue weighted by atomic mass is 32.2. The minimum Gasteiger partial charge on any atom is -0.477 e. The van der Waals surface area contributed by atoms with E-state index in [1.165, 1.54) is 6.07 Å². The van der Waals surface area contributed by atoms with Crippen LogP contribution < -0.4 is 4.72 Å². The van der Waals surface area contributed by atoms with Crippen LogP contribution in [0.5, 0.6) is 0 Å². The van der Waals surface area contributed by atoms with Crippen molar-refractivity contribution >= 4 is 21.7 Å². The zero-order valence-electron chi connectivity index (χ0n) is 11.9. The van der Waals surface area contributed by atoms with Crippen LogP contribution in [0, 0.1) is 20.8 Å². The summed E-state index contributed by atoms with van der Waals surface area (Å²) in [5.41, 5.74) is 1.82. The number of aromatic amines is 1. The largest absolute Gasteiger partial charge is 0.477 e. The molecule has 0 saturated heterocycles. The van der Waals surface area contributed by atoms with Gasteiger partial charge in [-0.15, -0.1) is 0 Å². The highest BCUT2D eigenvalue weighted by Gasteiger charge is 2.21. The minimum atomic E-state index is -3.84. The molecule has 0 unspecified atom stereocenters. The predicted octanol–water partition coefficient (Wildman–Crippen LogP) is 2.44. The van der Waals surface area contributed by atoms with Gasteiger partial charge in [0.15, 0.2) is 0 Å². The van der Waals surface area contributed by atoms with Crippen molar-refractivity contribution in [3.63, 3.8) is 0 Å². The maximum absolute atomic E-state index is 12.4. The van der Waals surface area contributed by atoms with Gasteiger partial charge in [0.1, 0.15) is 5.69 Å². The average molecular weight is 308 g/mol. The molecule has 21 heavy (non-hydrogen) atoms. The van der Waals surface area contributed by atoms with Crippen LogP contribution in [0.25, 0.3) is 0 Å². The molecule has 2 rings (SSSR count). The molecule has 1 heterocycles. The molecule has 0 saturated carbocycles. The summed E-state index contributed by atoms with van der Waals surface area (Å²) in [6.45, 7) is 5.14. The van der Waals surface area contributed by atoms with Crippen LogP contribution in [0.2, 0.25) is 0 Å². The van der Waals surface area contributed by atoms with Gasteiger partial charge in [-0.1, -0.05) is 12.1 Å². The molecule has 1 aromatic carbocycles. The molecule has 0 aliphatic rings. The highest BCUT2D eigenvalue weighted by molar-refractivity contribution is 7.92. The Balaban J connectivity index is 2.47. The lowest BCUT2D eigenvalue weighted by Gasteiger charge is -2.10. The van der Waals surface area contributed by atoms with Gasteiger partial charge >= 0.3 is 5.97 Å². The number of hydrogen-bond donors (Lipinski definition) is 3. The molecule has 6 nitrogen and oxygen atoms in total. The molecule has 0 aliphatic carbocycles. The van der Waals surface area contributed by atoms with E-state index in [1.54, 1.807) is 32.9 Å². The van der Waals surface area contributed by atoms with E-state index in [1.807, 2.05) is 6.07 Å². The SMILES string of the molecule is Cc1ccc(C)c(S(=O)(=O)Nc2cc(C)[nH]c2C(=O)O)c1. The number of nitrogens with one attached hydrogen (secondary N) is 2. The molecule has 1 aromatic heterocycles. The monoisotopic (exact) mass is 308 g/mol. The summed E-state index contributed by atoms with van der Waals surface area (Å²) < 4.78 is 27.2. The molecule has 112 valence electrons. The minimum absolute atomic E-state index is 0.0286. The van der Waals surface area contributed by atoms with E-state index in [-0.39, 0.29) is 16.3 Å². The van der Waals surface area contributed by atoms with Crippen molar-refractivity contribution in [1.29, 1.82) is 0 Å². The lowest BCUT2D eigenvalue weighted by atomic mass is 10.2. The second kappa shape index (κ2) is 5.25. The number of carboxylic acid groups (broad SMARTS) is 1. The average Bonchev–Trinajstić information content (AvgIpc) is 2.72. The third-order valence-corrected chi connectivity index (χ3v) is 4.55. The molecular weight excluding hydrogens is 292 g/mol. The number of aromatic carboxylic acids is 1. The van der Waals surface area contributed by atoms with Crippen LogP contribution in [0.15, 0.2) is 29.2 Å². The second-order valence-electron chi connectivity index (χ2n) is 4.92. The molecule has 0 fully saturated rings. The Morgan fingerprint density at radius 1 is 1.19 bits per heavy atom. The summed E-state index contributed by atoms with van der Waals surface area (Å²) in [6, 6.07) is 6.53. The van der Waals surface area contributed by atoms with Crippen molar-refractivity contribution in [2.24, 2.45) is 0 Å². The number of rotatable bonds is 4. The van der Waals surface area contributed by atoms with Crippen molar-refractivity contribution < 1.29 is 18.3 Å². The van der Waals surface area contributed by atoms with Crippen LogP contribution in [0.1, 0.15) is 27.3 Å². The Labute approximate surface area is 122 Å². The standard InChI is InChI=1S/C14H16N2O4S/c1-8-4-5-9(2)12(6-8)21(19,20)16-11-7-10(3)15-13(11)14(17)18/h4-7,15-16H,1-3H3,(H,17,18). The maximum atomic E-state index is 12.4. The topological polar surface area (TPSA) is 99.3 Å². The van der Waals surface area contributed by atoms with E-state index < -0.39 is 16.0 Å². The lowest BCUT2D eigenvalue weighted by molar-refractivity contribution is 0.0692. The Morgan fingerprint density at radius 3 is 2.48 bits per heavy atom. The zero-order chi connectivity index (χ0) is 15.8. The lowest BCUT2D eigenvalue weighted by Crippen LogP contribution is -2.16. The summed E-state index contributed by atoms with van der Waals surface area (Å²) in [5.74, 6) is -1.22. The van der Waals surface area contributed by atoms with E-state index in [9.17, 15) is 13.2 Å². The number of sulfonamides is 1. The quantitative estimate of drug-likeness (QED) is 0.807. The second-order valence-corrected chi connectivity index (χ2v) is 6.57. The summed E-state index contributed by atoms with van der Waals surface area (Å²) in [6.07, 6.45) is 0. The van der Waals surface area contributed by atoms with Crippen molar-refractivity contribution in [3.8, 4) is 0 Å². The first-order chi connectivity index (χ1) is 9.70. The van der Waals surface area contributed by atoms with Gasteiger partial charge in [-0.05, 0) is 44.0 Å². The normalized spacial score (nSPS) is 11.4. The van der Waals surface area contributed by atoms with Crippen molar-refractivity contribution in [2.45, 2.75) is 25.7 Å². The summed E-state index contributed by atoms with van der Waals surface area (Å²) in [7, 11) is -3.84. The van der Waals surface area contributed by atoms with Gasteiger partial charge in [0.2, 0.25) is 0 Å². The first-order valence-corrected chi connectivity index (χ1v) is 7.72. The van der Waals surface area contributed by atoms with E-state index in [4.69, 9.17) is 5.11 Å². The Kier molecular flexibility index (Phi) is 3.78. The smallest absolute Gasteiger partial charge is 0.354 e. The fourth-order valence-electron chi connectivity index (χ4n) is 2.03. The number of hydrogen-bond acceptors (Lipinski definition) is 3. The van der Waals surface area contributed by atoms with Gasteiger partial charge in [0.05, 0.1) is 10.6 Å². The number of H-pyrrole nitrogens is 1. The first-order valence-electron chi connectivity index (χ1n) is 6.23. The van der Waals surface area contributed by atoms with Crippen molar-refractivity contribution in [2.75, 3.05) is 4.72 Å². The summed E-state index contributed by atoms with van der Waals surface area (Å²) >= 11 is 0. The number of carbonyl (C=O) groups is 1. The third-order valence-electron chi connectivity index (χ3n) is 3.04. The van der Waals surface area contributed by atoms with E-state index in [0.717, 1.165) is 5.56 Å². The number of anilines is 1. The van der Waals surface area contributed by atoms with Crippen LogP contribution in [0.4, 0.5) is 5.69 Å². The van der Waals surface area contributed by atoms with Crippen LogP contribution >= 0.6 is 0 Å². The molecule has 0 spiro atoms. The van der Waals surface area contributed by atoms with E-state index >= 15 is 0 Å². The summed E-state index contributed by atoms with van der Waals surface area (Å²) in [5, 5.41) is 9.08. The number of aryl methyl sites for hydroxylation is 3. The zero-order valence-corrected chi connectivity index (χ0v) is 12.7. The first kappa shape index (κ1) is 15.1. The predicted molar refractivity (Wildman–Crippen MR) is 79.2 cm³/mol. The molecule has 7 heteroatoms. The fraction of sp³-hybridized carbons (Fsp3) is 0.214. The molecule has 0 bridgehead atoms. The Bertz CT molecular complexity index is 806. The van der Waals surface area contributed by atoms with Gasteiger partial charge in [0, 0.05) is 5.69 Å².